The molecule has 0 atom stereocenters. The molecule has 0 aromatic heterocycles. The first kappa shape index (κ1) is 24.4. The topological polar surface area (TPSA) is 61.4 Å². The Morgan fingerprint density at radius 2 is 1.42 bits per heavy atom. The Hall–Kier alpha value is -2.87. The van der Waals surface area contributed by atoms with Gasteiger partial charge in [0.15, 0.2) is 17.5 Å². The molecule has 0 radical (unpaired) electrons. The maximum absolute atomic E-state index is 13.8. The lowest BCUT2D eigenvalue weighted by molar-refractivity contribution is -0.120. The fourth-order valence-corrected chi connectivity index (χ4v) is 3.33. The van der Waals surface area contributed by atoms with Gasteiger partial charge < -0.3 is 10.6 Å². The van der Waals surface area contributed by atoms with Crippen LogP contribution in [-0.2, 0) is 22.4 Å². The van der Waals surface area contributed by atoms with Gasteiger partial charge in [-0.05, 0) is 49.1 Å². The molecule has 2 rings (SSSR count). The number of halogens is 3. The Balaban J connectivity index is 2.05. The van der Waals surface area contributed by atoms with E-state index in [1.165, 1.54) is 0 Å². The van der Waals surface area contributed by atoms with E-state index in [1.54, 1.807) is 4.90 Å². The van der Waals surface area contributed by atoms with E-state index in [1.807, 2.05) is 39.0 Å². The zero-order valence-corrected chi connectivity index (χ0v) is 18.0. The molecule has 0 fully saturated rings. The monoisotopic (exact) mass is 435 g/mol. The summed E-state index contributed by atoms with van der Waals surface area (Å²) in [5, 5.41) is 5.18. The molecule has 0 aliphatic rings. The van der Waals surface area contributed by atoms with Gasteiger partial charge in [-0.15, -0.1) is 0 Å². The lowest BCUT2D eigenvalue weighted by atomic mass is 10.0. The van der Waals surface area contributed by atoms with Crippen molar-refractivity contribution in [1.82, 2.24) is 4.90 Å². The van der Waals surface area contributed by atoms with Gasteiger partial charge in [-0.25, -0.2) is 13.2 Å². The summed E-state index contributed by atoms with van der Waals surface area (Å²) in [5.41, 5.74) is 2.40. The van der Waals surface area contributed by atoms with Crippen LogP contribution in [0.3, 0.4) is 0 Å². The number of hydrogen-bond acceptors (Lipinski definition) is 3. The quantitative estimate of drug-likeness (QED) is 0.540. The number of amides is 2. The van der Waals surface area contributed by atoms with Crippen molar-refractivity contribution < 1.29 is 22.8 Å². The predicted octanol–water partition coefficient (Wildman–Crippen LogP) is 4.52. The number of carbonyl (C=O) groups is 2. The molecule has 2 N–H and O–H groups in total. The van der Waals surface area contributed by atoms with E-state index in [2.05, 4.69) is 10.6 Å². The van der Waals surface area contributed by atoms with Gasteiger partial charge in [0, 0.05) is 5.69 Å². The molecule has 5 nitrogen and oxygen atoms in total. The van der Waals surface area contributed by atoms with Gasteiger partial charge in [0.1, 0.15) is 0 Å². The van der Waals surface area contributed by atoms with Crippen LogP contribution in [0.25, 0.3) is 0 Å². The van der Waals surface area contributed by atoms with Crippen LogP contribution in [0.5, 0.6) is 0 Å². The van der Waals surface area contributed by atoms with Crippen molar-refractivity contribution in [2.75, 3.05) is 30.3 Å². The summed E-state index contributed by atoms with van der Waals surface area (Å²) >= 11 is 0. The minimum atomic E-state index is -1.65. The standard InChI is InChI=1S/C23H28F3N3O2/c1-4-12-29(13-19(30)27-18-11-10-17(24)21(25)22(18)26)14-20(31)28-23-15(5-2)8-7-9-16(23)6-3/h7-11H,4-6,12-14H2,1-3H3,(H,27,30)(H,28,31). The van der Waals surface area contributed by atoms with Crippen LogP contribution in [0, 0.1) is 17.5 Å². The summed E-state index contributed by atoms with van der Waals surface area (Å²) in [6.07, 6.45) is 2.22. The molecule has 0 bridgehead atoms. The lowest BCUT2D eigenvalue weighted by Crippen LogP contribution is -2.39. The first-order chi connectivity index (χ1) is 14.8. The Labute approximate surface area is 180 Å². The number of benzene rings is 2. The van der Waals surface area contributed by atoms with Crippen LogP contribution < -0.4 is 10.6 Å². The van der Waals surface area contributed by atoms with E-state index < -0.39 is 29.0 Å². The summed E-state index contributed by atoms with van der Waals surface area (Å²) in [6.45, 7) is 6.14. The third kappa shape index (κ3) is 6.55. The largest absolute Gasteiger partial charge is 0.324 e. The van der Waals surface area contributed by atoms with Gasteiger partial charge in [0.25, 0.3) is 0 Å². The predicted molar refractivity (Wildman–Crippen MR) is 116 cm³/mol. The number of nitrogens with zero attached hydrogens (tertiary/aromatic N) is 1. The Bertz CT molecular complexity index is 912. The molecule has 0 aliphatic carbocycles. The molecule has 0 saturated heterocycles. The van der Waals surface area contributed by atoms with E-state index in [0.717, 1.165) is 41.8 Å². The van der Waals surface area contributed by atoms with Crippen molar-refractivity contribution in [3.63, 3.8) is 0 Å². The van der Waals surface area contributed by atoms with Crippen molar-refractivity contribution in [3.05, 3.63) is 58.9 Å². The van der Waals surface area contributed by atoms with Gasteiger partial charge in [0.05, 0.1) is 18.8 Å². The molecule has 2 aromatic rings. The molecule has 31 heavy (non-hydrogen) atoms. The third-order valence-corrected chi connectivity index (χ3v) is 4.85. The number of anilines is 2. The van der Waals surface area contributed by atoms with Crippen LogP contribution in [0.15, 0.2) is 30.3 Å². The van der Waals surface area contributed by atoms with E-state index in [-0.39, 0.29) is 19.0 Å². The van der Waals surface area contributed by atoms with Crippen molar-refractivity contribution >= 4 is 23.2 Å². The van der Waals surface area contributed by atoms with Crippen molar-refractivity contribution in [1.29, 1.82) is 0 Å². The Morgan fingerprint density at radius 3 is 1.97 bits per heavy atom. The molecule has 0 unspecified atom stereocenters. The summed E-state index contributed by atoms with van der Waals surface area (Å²) in [6, 6.07) is 7.57. The van der Waals surface area contributed by atoms with Crippen molar-refractivity contribution in [3.8, 4) is 0 Å². The van der Waals surface area contributed by atoms with E-state index in [9.17, 15) is 22.8 Å². The molecular weight excluding hydrogens is 407 g/mol. The fourth-order valence-electron chi connectivity index (χ4n) is 3.33. The molecule has 2 aromatic carbocycles. The second-order valence-electron chi connectivity index (χ2n) is 7.19. The zero-order chi connectivity index (χ0) is 23.0. The molecule has 0 heterocycles. The van der Waals surface area contributed by atoms with Crippen LogP contribution in [0.2, 0.25) is 0 Å². The van der Waals surface area contributed by atoms with Crippen molar-refractivity contribution in [2.24, 2.45) is 0 Å². The number of hydrogen-bond donors (Lipinski definition) is 2. The van der Waals surface area contributed by atoms with Crippen LogP contribution >= 0.6 is 0 Å². The number of carbonyl (C=O) groups excluding carboxylic acids is 2. The Kier molecular flexibility index (Phi) is 9.05. The molecule has 2 amide bonds. The highest BCUT2D eigenvalue weighted by Crippen LogP contribution is 2.23. The molecule has 0 saturated carbocycles. The highest BCUT2D eigenvalue weighted by atomic mass is 19.2. The minimum absolute atomic E-state index is 0.0390. The van der Waals surface area contributed by atoms with E-state index in [0.29, 0.717) is 13.0 Å². The second kappa shape index (κ2) is 11.5. The molecular formula is C23H28F3N3O2. The molecule has 168 valence electrons. The first-order valence-corrected chi connectivity index (χ1v) is 10.4. The number of para-hydroxylation sites is 1. The van der Waals surface area contributed by atoms with Crippen molar-refractivity contribution in [2.45, 2.75) is 40.0 Å². The summed E-state index contributed by atoms with van der Waals surface area (Å²) in [7, 11) is 0. The van der Waals surface area contributed by atoms with Gasteiger partial charge in [-0.3, -0.25) is 14.5 Å². The minimum Gasteiger partial charge on any atom is -0.324 e. The maximum Gasteiger partial charge on any atom is 0.238 e. The lowest BCUT2D eigenvalue weighted by Gasteiger charge is -2.22. The first-order valence-electron chi connectivity index (χ1n) is 10.4. The molecule has 0 spiro atoms. The van der Waals surface area contributed by atoms with Crippen LogP contribution in [-0.4, -0.2) is 36.3 Å². The average Bonchev–Trinajstić information content (AvgIpc) is 2.74. The Morgan fingerprint density at radius 1 is 0.839 bits per heavy atom. The summed E-state index contributed by atoms with van der Waals surface area (Å²) in [4.78, 5) is 26.6. The maximum atomic E-state index is 13.8. The van der Waals surface area contributed by atoms with E-state index >= 15 is 0 Å². The van der Waals surface area contributed by atoms with Gasteiger partial charge in [-0.1, -0.05) is 39.0 Å². The fraction of sp³-hybridized carbons (Fsp3) is 0.391. The number of rotatable bonds is 10. The normalized spacial score (nSPS) is 10.9. The van der Waals surface area contributed by atoms with E-state index in [4.69, 9.17) is 0 Å². The number of nitrogens with one attached hydrogen (secondary N) is 2. The summed E-state index contributed by atoms with van der Waals surface area (Å²) in [5.74, 6) is -5.34. The summed E-state index contributed by atoms with van der Waals surface area (Å²) < 4.78 is 40.2. The van der Waals surface area contributed by atoms with Crippen LogP contribution in [0.1, 0.15) is 38.3 Å². The average molecular weight is 435 g/mol. The van der Waals surface area contributed by atoms with Gasteiger partial charge >= 0.3 is 0 Å². The highest BCUT2D eigenvalue weighted by Gasteiger charge is 2.19. The van der Waals surface area contributed by atoms with Gasteiger partial charge in [0.2, 0.25) is 11.8 Å². The van der Waals surface area contributed by atoms with Crippen LogP contribution in [0.4, 0.5) is 24.5 Å². The molecule has 8 heteroatoms. The highest BCUT2D eigenvalue weighted by molar-refractivity contribution is 5.95. The second-order valence-corrected chi connectivity index (χ2v) is 7.19. The van der Waals surface area contributed by atoms with Gasteiger partial charge in [-0.2, -0.15) is 0 Å². The smallest absolute Gasteiger partial charge is 0.238 e. The molecule has 0 aliphatic heterocycles. The SMILES string of the molecule is CCCN(CC(=O)Nc1ccc(F)c(F)c1F)CC(=O)Nc1c(CC)cccc1CC. The third-order valence-electron chi connectivity index (χ3n) is 4.85. The zero-order valence-electron chi connectivity index (χ0n) is 18.0. The number of aryl methyl sites for hydroxylation is 2.